The predicted octanol–water partition coefficient (Wildman–Crippen LogP) is 5.73. The van der Waals surface area contributed by atoms with Crippen LogP contribution in [0.2, 0.25) is 0 Å². The molecule has 2 amide bonds. The molecule has 1 atom stereocenters. The van der Waals surface area contributed by atoms with Gasteiger partial charge in [-0.15, -0.1) is 0 Å². The van der Waals surface area contributed by atoms with Gasteiger partial charge in [0.1, 0.15) is 30.0 Å². The zero-order chi connectivity index (χ0) is 33.1. The van der Waals surface area contributed by atoms with Crippen molar-refractivity contribution in [3.05, 3.63) is 126 Å². The molecule has 0 aliphatic carbocycles. The third kappa shape index (κ3) is 8.69. The number of nitrogens with one attached hydrogen (secondary N) is 1. The van der Waals surface area contributed by atoms with Crippen molar-refractivity contribution < 1.29 is 31.5 Å². The number of ether oxygens (including phenoxy) is 1. The van der Waals surface area contributed by atoms with Gasteiger partial charge in [-0.3, -0.25) is 13.9 Å². The summed E-state index contributed by atoms with van der Waals surface area (Å²) in [5.41, 5.74) is 0.937. The van der Waals surface area contributed by atoms with Gasteiger partial charge in [-0.2, -0.15) is 0 Å². The van der Waals surface area contributed by atoms with Crippen molar-refractivity contribution in [3.8, 4) is 5.75 Å². The molecule has 242 valence electrons. The van der Waals surface area contributed by atoms with Crippen molar-refractivity contribution in [1.29, 1.82) is 0 Å². The molecule has 0 saturated heterocycles. The molecule has 0 fully saturated rings. The van der Waals surface area contributed by atoms with Gasteiger partial charge in [0.2, 0.25) is 11.8 Å². The zero-order valence-electron chi connectivity index (χ0n) is 25.7. The summed E-state index contributed by atoms with van der Waals surface area (Å²) in [5.74, 6) is -1.92. The van der Waals surface area contributed by atoms with E-state index in [1.165, 1.54) is 59.5 Å². The Morgan fingerprint density at radius 1 is 0.848 bits per heavy atom. The van der Waals surface area contributed by atoms with Gasteiger partial charge < -0.3 is 15.0 Å². The van der Waals surface area contributed by atoms with E-state index in [0.29, 0.717) is 25.3 Å². The van der Waals surface area contributed by atoms with E-state index < -0.39 is 46.1 Å². The molecular weight excluding hydrogens is 612 g/mol. The van der Waals surface area contributed by atoms with Crippen LogP contribution in [0.15, 0.2) is 108 Å². The SMILES string of the molecule is CCCNC(=O)C(Cc1ccccc1)N(Cc1ccccc1F)C(=O)CN(c1ccc(F)cc1)S(=O)(=O)c1ccc(OCC)cc1. The molecular formula is C35H37F2N3O5S. The van der Waals surface area contributed by atoms with Gasteiger partial charge in [-0.05, 0) is 73.5 Å². The number of nitrogens with zero attached hydrogens (tertiary/aromatic N) is 2. The standard InChI is InChI=1S/C35H37F2N3O5S/c1-3-22-38-35(42)33(23-26-10-6-5-7-11-26)39(24-27-12-8-9-13-32(27)37)34(41)25-40(29-16-14-28(36)15-17-29)46(43,44)31-20-18-30(19-21-31)45-4-2/h5-21,33H,3-4,22-25H2,1-2H3,(H,38,42). The van der Waals surface area contributed by atoms with Crippen LogP contribution in [0, 0.1) is 11.6 Å². The highest BCUT2D eigenvalue weighted by Gasteiger charge is 2.35. The maximum absolute atomic E-state index is 15.0. The predicted molar refractivity (Wildman–Crippen MR) is 173 cm³/mol. The summed E-state index contributed by atoms with van der Waals surface area (Å²) in [6.07, 6.45) is 0.739. The third-order valence-corrected chi connectivity index (χ3v) is 9.02. The first-order valence-electron chi connectivity index (χ1n) is 15.0. The minimum atomic E-state index is -4.39. The van der Waals surface area contributed by atoms with Crippen LogP contribution in [0.5, 0.6) is 5.75 Å². The number of benzene rings is 4. The lowest BCUT2D eigenvalue weighted by Crippen LogP contribution is -2.53. The molecule has 11 heteroatoms. The van der Waals surface area contributed by atoms with Crippen molar-refractivity contribution in [1.82, 2.24) is 10.2 Å². The van der Waals surface area contributed by atoms with Crippen molar-refractivity contribution in [2.75, 3.05) is 24.0 Å². The lowest BCUT2D eigenvalue weighted by molar-refractivity contribution is -0.140. The van der Waals surface area contributed by atoms with E-state index >= 15 is 0 Å². The Morgan fingerprint density at radius 2 is 1.50 bits per heavy atom. The summed E-state index contributed by atoms with van der Waals surface area (Å²) in [6, 6.07) is 24.2. The molecule has 4 aromatic carbocycles. The van der Waals surface area contributed by atoms with Gasteiger partial charge in [0.25, 0.3) is 10.0 Å². The van der Waals surface area contributed by atoms with Gasteiger partial charge in [0, 0.05) is 25.1 Å². The van der Waals surface area contributed by atoms with Crippen molar-refractivity contribution in [2.24, 2.45) is 0 Å². The lowest BCUT2D eigenvalue weighted by Gasteiger charge is -2.34. The van der Waals surface area contributed by atoms with Crippen molar-refractivity contribution in [3.63, 3.8) is 0 Å². The Balaban J connectivity index is 1.79. The van der Waals surface area contributed by atoms with Crippen molar-refractivity contribution >= 4 is 27.5 Å². The van der Waals surface area contributed by atoms with Gasteiger partial charge >= 0.3 is 0 Å². The molecule has 8 nitrogen and oxygen atoms in total. The molecule has 0 aromatic heterocycles. The normalized spacial score (nSPS) is 11.8. The van der Waals surface area contributed by atoms with Crippen LogP contribution in [0.25, 0.3) is 0 Å². The van der Waals surface area contributed by atoms with Crippen LogP contribution in [0.1, 0.15) is 31.4 Å². The number of carbonyl (C=O) groups excluding carboxylic acids is 2. The van der Waals surface area contributed by atoms with Gasteiger partial charge in [0.05, 0.1) is 17.2 Å². The molecule has 0 heterocycles. The summed E-state index contributed by atoms with van der Waals surface area (Å²) in [6.45, 7) is 3.37. The molecule has 1 unspecified atom stereocenters. The van der Waals surface area contributed by atoms with E-state index in [9.17, 15) is 26.8 Å². The fraction of sp³-hybridized carbons (Fsp3) is 0.257. The van der Waals surface area contributed by atoms with Crippen LogP contribution in [0.3, 0.4) is 0 Å². The second-order valence-electron chi connectivity index (χ2n) is 10.5. The molecule has 0 bridgehead atoms. The molecule has 1 N–H and O–H groups in total. The van der Waals surface area contributed by atoms with Crippen LogP contribution in [-0.4, -0.2) is 50.9 Å². The topological polar surface area (TPSA) is 96.0 Å². The van der Waals surface area contributed by atoms with E-state index in [-0.39, 0.29) is 29.1 Å². The second-order valence-corrected chi connectivity index (χ2v) is 12.4. The molecule has 0 spiro atoms. The largest absolute Gasteiger partial charge is 0.494 e. The summed E-state index contributed by atoms with van der Waals surface area (Å²) < 4.78 is 63.4. The molecule has 4 rings (SSSR count). The quantitative estimate of drug-likeness (QED) is 0.178. The number of hydrogen-bond donors (Lipinski definition) is 1. The lowest BCUT2D eigenvalue weighted by atomic mass is 10.0. The number of hydrogen-bond acceptors (Lipinski definition) is 5. The molecule has 46 heavy (non-hydrogen) atoms. The summed E-state index contributed by atoms with van der Waals surface area (Å²) >= 11 is 0. The minimum Gasteiger partial charge on any atom is -0.494 e. The highest BCUT2D eigenvalue weighted by molar-refractivity contribution is 7.92. The van der Waals surface area contributed by atoms with E-state index in [1.54, 1.807) is 25.1 Å². The highest BCUT2D eigenvalue weighted by atomic mass is 32.2. The molecule has 0 aliphatic heterocycles. The Hall–Kier alpha value is -4.77. The van der Waals surface area contributed by atoms with Gasteiger partial charge in [-0.25, -0.2) is 17.2 Å². The fourth-order valence-corrected chi connectivity index (χ4v) is 6.28. The maximum atomic E-state index is 15.0. The van der Waals surface area contributed by atoms with Crippen LogP contribution in [-0.2, 0) is 32.6 Å². The summed E-state index contributed by atoms with van der Waals surface area (Å²) in [7, 11) is -4.39. The monoisotopic (exact) mass is 649 g/mol. The molecule has 0 saturated carbocycles. The number of rotatable bonds is 15. The molecule has 4 aromatic rings. The van der Waals surface area contributed by atoms with Crippen LogP contribution < -0.4 is 14.4 Å². The number of sulfonamides is 1. The van der Waals surface area contributed by atoms with Crippen LogP contribution >= 0.6 is 0 Å². The van der Waals surface area contributed by atoms with E-state index in [0.717, 1.165) is 22.0 Å². The number of halogens is 2. The van der Waals surface area contributed by atoms with Gasteiger partial charge in [0.15, 0.2) is 0 Å². The average Bonchev–Trinajstić information content (AvgIpc) is 3.06. The van der Waals surface area contributed by atoms with E-state index in [1.807, 2.05) is 25.1 Å². The Kier molecular flexibility index (Phi) is 11.9. The van der Waals surface area contributed by atoms with E-state index in [4.69, 9.17) is 4.74 Å². The van der Waals surface area contributed by atoms with Gasteiger partial charge in [-0.1, -0.05) is 55.5 Å². The first-order valence-corrected chi connectivity index (χ1v) is 16.4. The number of amides is 2. The van der Waals surface area contributed by atoms with Crippen molar-refractivity contribution in [2.45, 2.75) is 44.2 Å². The summed E-state index contributed by atoms with van der Waals surface area (Å²) in [4.78, 5) is 29.1. The zero-order valence-corrected chi connectivity index (χ0v) is 26.6. The van der Waals surface area contributed by atoms with Crippen LogP contribution in [0.4, 0.5) is 14.5 Å². The summed E-state index contributed by atoms with van der Waals surface area (Å²) in [5, 5.41) is 2.84. The second kappa shape index (κ2) is 16.0. The maximum Gasteiger partial charge on any atom is 0.264 e. The first-order chi connectivity index (χ1) is 22.1. The highest BCUT2D eigenvalue weighted by Crippen LogP contribution is 2.27. The molecule has 0 aliphatic rings. The first kappa shape index (κ1) is 34.1. The smallest absolute Gasteiger partial charge is 0.264 e. The Labute approximate surface area is 268 Å². The third-order valence-electron chi connectivity index (χ3n) is 7.24. The Bertz CT molecular complexity index is 1700. The van der Waals surface area contributed by atoms with E-state index in [2.05, 4.69) is 5.32 Å². The fourth-order valence-electron chi connectivity index (χ4n) is 4.87. The number of anilines is 1. The average molecular weight is 650 g/mol. The number of carbonyl (C=O) groups is 2. The Morgan fingerprint density at radius 3 is 2.13 bits per heavy atom. The minimum absolute atomic E-state index is 0.0320. The molecule has 0 radical (unpaired) electrons.